The molecule has 322 valence electrons. The maximum absolute atomic E-state index is 13.7. The first-order valence-corrected chi connectivity index (χ1v) is 20.1. The van der Waals surface area contributed by atoms with Gasteiger partial charge in [-0.3, -0.25) is 24.0 Å². The van der Waals surface area contributed by atoms with Crippen molar-refractivity contribution in [1.82, 2.24) is 0 Å². The molecule has 1 aliphatic heterocycles. The molecule has 0 N–H and O–H groups in total. The summed E-state index contributed by atoms with van der Waals surface area (Å²) in [7, 11) is 0. The first kappa shape index (κ1) is 49.2. The Balaban J connectivity index is 2.64. The van der Waals surface area contributed by atoms with E-state index >= 15 is 0 Å². The third-order valence-electron chi connectivity index (χ3n) is 9.80. The lowest BCUT2D eigenvalue weighted by atomic mass is 9.70. The van der Waals surface area contributed by atoms with E-state index in [0.29, 0.717) is 19.3 Å². The Morgan fingerprint density at radius 3 is 1.52 bits per heavy atom. The van der Waals surface area contributed by atoms with E-state index in [9.17, 15) is 24.0 Å². The molecule has 0 saturated carbocycles. The van der Waals surface area contributed by atoms with Crippen molar-refractivity contribution in [3.63, 3.8) is 0 Å². The molecule has 0 amide bonds. The lowest BCUT2D eigenvalue weighted by Gasteiger charge is -2.47. The van der Waals surface area contributed by atoms with Crippen LogP contribution in [0.3, 0.4) is 0 Å². The fourth-order valence-electron chi connectivity index (χ4n) is 6.21. The number of hydrogen-bond donors (Lipinski definition) is 0. The molecule has 0 bridgehead atoms. The lowest BCUT2D eigenvalue weighted by molar-refractivity contribution is -0.322. The second-order valence-corrected chi connectivity index (χ2v) is 21.6. The van der Waals surface area contributed by atoms with Crippen LogP contribution < -0.4 is 0 Å². The molecule has 0 aromatic heterocycles. The lowest BCUT2D eigenvalue weighted by Crippen LogP contribution is -2.64. The van der Waals surface area contributed by atoms with Crippen LogP contribution in [-0.4, -0.2) is 79.4 Å². The normalized spacial score (nSPS) is 25.5. The molecule has 0 spiro atoms. The Bertz CT molecular complexity index is 1450. The molecular weight excluding hydrogens is 720 g/mol. The molecule has 1 heterocycles. The van der Waals surface area contributed by atoms with Gasteiger partial charge in [0.05, 0.1) is 39.3 Å². The van der Waals surface area contributed by atoms with Crippen LogP contribution in [0.4, 0.5) is 0 Å². The van der Waals surface area contributed by atoms with Crippen molar-refractivity contribution in [2.24, 2.45) is 32.5 Å². The highest BCUT2D eigenvalue weighted by molar-refractivity contribution is 5.78. The number of allylic oxidation sites excluding steroid dienone is 1. The van der Waals surface area contributed by atoms with Gasteiger partial charge in [0.2, 0.25) is 0 Å². The van der Waals surface area contributed by atoms with Crippen molar-refractivity contribution in [3.05, 3.63) is 11.1 Å². The van der Waals surface area contributed by atoms with Crippen molar-refractivity contribution in [2.75, 3.05) is 6.61 Å². The Hall–Kier alpha value is -2.99. The molecule has 2 aliphatic rings. The number of rotatable bonds is 11. The van der Waals surface area contributed by atoms with Gasteiger partial charge < -0.3 is 33.2 Å². The summed E-state index contributed by atoms with van der Waals surface area (Å²) in [5, 5.41) is 0. The van der Waals surface area contributed by atoms with E-state index < -0.39 is 87.8 Å². The van der Waals surface area contributed by atoms with Gasteiger partial charge in [0, 0.05) is 0 Å². The summed E-state index contributed by atoms with van der Waals surface area (Å²) in [4.78, 5) is 66.4. The SMILES string of the molecule is CC1=C(CC[C@@H](C)OC(=O)C(C)(C)C)C(C)(C)C[C@H](O[C@@H]2O[C@H](COC(=O)C(C)(C)C)[C@@H](OC(=O)C(C)(C)C)[C@H](OC(=O)C(C)(C)C)[C@H]2OC(=O)C(C)(C)C)C1. The van der Waals surface area contributed by atoms with Crippen molar-refractivity contribution >= 4 is 29.8 Å². The maximum Gasteiger partial charge on any atom is 0.311 e. The second-order valence-electron chi connectivity index (χ2n) is 21.6. The van der Waals surface area contributed by atoms with Gasteiger partial charge >= 0.3 is 29.8 Å². The van der Waals surface area contributed by atoms with E-state index in [4.69, 9.17) is 33.2 Å². The molecule has 56 heavy (non-hydrogen) atoms. The topological polar surface area (TPSA) is 150 Å². The van der Waals surface area contributed by atoms with E-state index in [1.165, 1.54) is 5.57 Å². The summed E-state index contributed by atoms with van der Waals surface area (Å²) in [6, 6.07) is 0. The first-order valence-electron chi connectivity index (χ1n) is 20.1. The summed E-state index contributed by atoms with van der Waals surface area (Å²) >= 11 is 0. The largest absolute Gasteiger partial charge is 0.462 e. The molecule has 12 heteroatoms. The summed E-state index contributed by atoms with van der Waals surface area (Å²) in [6.45, 7) is 33.7. The molecule has 0 unspecified atom stereocenters. The molecule has 1 saturated heterocycles. The zero-order valence-electron chi connectivity index (χ0n) is 38.0. The van der Waals surface area contributed by atoms with Gasteiger partial charge in [-0.1, -0.05) is 25.0 Å². The Morgan fingerprint density at radius 1 is 0.661 bits per heavy atom. The molecule has 1 aliphatic carbocycles. The quantitative estimate of drug-likeness (QED) is 0.112. The molecular formula is C44H74O12. The summed E-state index contributed by atoms with van der Waals surface area (Å²) in [5.41, 5.74) is -2.36. The number of hydrogen-bond acceptors (Lipinski definition) is 12. The van der Waals surface area contributed by atoms with E-state index in [0.717, 1.165) is 12.0 Å². The average Bonchev–Trinajstić information content (AvgIpc) is 2.99. The van der Waals surface area contributed by atoms with E-state index in [2.05, 4.69) is 20.8 Å². The van der Waals surface area contributed by atoms with Crippen molar-refractivity contribution < 1.29 is 57.1 Å². The smallest absolute Gasteiger partial charge is 0.311 e. The van der Waals surface area contributed by atoms with Gasteiger partial charge in [-0.2, -0.15) is 0 Å². The van der Waals surface area contributed by atoms with Gasteiger partial charge in [-0.15, -0.1) is 0 Å². The van der Waals surface area contributed by atoms with Crippen LogP contribution in [0.15, 0.2) is 11.1 Å². The molecule has 2 rings (SSSR count). The van der Waals surface area contributed by atoms with E-state index in [1.807, 2.05) is 27.7 Å². The fraction of sp³-hybridized carbons (Fsp3) is 0.841. The van der Waals surface area contributed by atoms with Crippen LogP contribution in [0.2, 0.25) is 0 Å². The number of ether oxygens (including phenoxy) is 7. The van der Waals surface area contributed by atoms with Gasteiger partial charge in [0.15, 0.2) is 24.6 Å². The monoisotopic (exact) mass is 795 g/mol. The first-order chi connectivity index (χ1) is 25.1. The maximum atomic E-state index is 13.7. The minimum absolute atomic E-state index is 0.241. The van der Waals surface area contributed by atoms with Crippen molar-refractivity contribution in [1.29, 1.82) is 0 Å². The zero-order chi connectivity index (χ0) is 43.6. The molecule has 1 fully saturated rings. The summed E-state index contributed by atoms with van der Waals surface area (Å²) in [5.74, 6) is -2.63. The van der Waals surface area contributed by atoms with Gasteiger partial charge in [-0.05, 0) is 149 Å². The minimum atomic E-state index is -1.39. The Kier molecular flexibility index (Phi) is 15.7. The third-order valence-corrected chi connectivity index (χ3v) is 9.80. The molecule has 0 radical (unpaired) electrons. The van der Waals surface area contributed by atoms with Crippen LogP contribution in [0.1, 0.15) is 157 Å². The van der Waals surface area contributed by atoms with Gasteiger partial charge in [-0.25, -0.2) is 0 Å². The summed E-state index contributed by atoms with van der Waals surface area (Å²) in [6.07, 6.45) is -4.81. The van der Waals surface area contributed by atoms with Gasteiger partial charge in [0.25, 0.3) is 0 Å². The highest BCUT2D eigenvalue weighted by Crippen LogP contribution is 2.45. The molecule has 0 aromatic carbocycles. The number of esters is 5. The van der Waals surface area contributed by atoms with Crippen LogP contribution in [-0.2, 0) is 57.1 Å². The summed E-state index contributed by atoms with van der Waals surface area (Å²) < 4.78 is 43.2. The Morgan fingerprint density at radius 2 is 1.09 bits per heavy atom. The Labute approximate surface area is 336 Å². The number of carbonyl (C=O) groups excluding carboxylic acids is 5. The van der Waals surface area contributed by atoms with Crippen LogP contribution in [0, 0.1) is 32.5 Å². The highest BCUT2D eigenvalue weighted by atomic mass is 16.7. The predicted octanol–water partition coefficient (Wildman–Crippen LogP) is 8.45. The van der Waals surface area contributed by atoms with E-state index in [1.54, 1.807) is 83.1 Å². The number of carbonyl (C=O) groups is 5. The van der Waals surface area contributed by atoms with Gasteiger partial charge in [0.1, 0.15) is 12.7 Å². The van der Waals surface area contributed by atoms with Crippen LogP contribution in [0.5, 0.6) is 0 Å². The van der Waals surface area contributed by atoms with Crippen LogP contribution >= 0.6 is 0 Å². The zero-order valence-corrected chi connectivity index (χ0v) is 38.0. The molecule has 12 nitrogen and oxygen atoms in total. The van der Waals surface area contributed by atoms with Crippen molar-refractivity contribution in [2.45, 2.75) is 200 Å². The van der Waals surface area contributed by atoms with E-state index in [-0.39, 0.29) is 24.1 Å². The molecule has 0 aromatic rings. The standard InChI is InChI=1S/C44H74O12/c1-25-22-27(23-44(18,19)28(25)21-20-26(2)51-35(46)40(6,7)8)52-33-32(56-38(49)43(15,16)17)31(55-37(48)42(12,13)14)30(54-36(47)41(9,10)11)29(53-33)24-50-34(45)39(3,4)5/h26-27,29-33H,20-24H2,1-19H3/t26-,27-,29-,30-,31+,32-,33-/m1/s1. The average molecular weight is 795 g/mol. The fourth-order valence-corrected chi connectivity index (χ4v) is 6.21. The highest BCUT2D eigenvalue weighted by Gasteiger charge is 2.56. The molecule has 7 atom stereocenters. The minimum Gasteiger partial charge on any atom is -0.462 e. The predicted molar refractivity (Wildman–Crippen MR) is 212 cm³/mol. The van der Waals surface area contributed by atoms with Crippen LogP contribution in [0.25, 0.3) is 0 Å². The van der Waals surface area contributed by atoms with Crippen molar-refractivity contribution in [3.8, 4) is 0 Å². The second kappa shape index (κ2) is 17.9. The third kappa shape index (κ3) is 13.8.